The molecule has 6 nitrogen and oxygen atoms in total. The Morgan fingerprint density at radius 3 is 2.17 bits per heavy atom. The fourth-order valence-electron chi connectivity index (χ4n) is 3.78. The smallest absolute Gasteiger partial charge is 0.414 e. The van der Waals surface area contributed by atoms with Crippen LogP contribution in [0.5, 0.6) is 0 Å². The molecular weight excluding hydrogens is 438 g/mol. The Kier molecular flexibility index (Phi) is 12.3. The summed E-state index contributed by atoms with van der Waals surface area (Å²) >= 11 is 0. The number of benzene rings is 1. The second-order valence-electron chi connectivity index (χ2n) is 9.98. The number of anilines is 1. The first-order chi connectivity index (χ1) is 16.8. The minimum Gasteiger partial charge on any atom is -0.443 e. The van der Waals surface area contributed by atoms with E-state index in [4.69, 9.17) is 4.74 Å². The number of carbonyl (C=O) groups excluding carboxylic acids is 2. The van der Waals surface area contributed by atoms with E-state index in [9.17, 15) is 9.59 Å². The largest absolute Gasteiger partial charge is 0.443 e. The van der Waals surface area contributed by atoms with Crippen molar-refractivity contribution >= 4 is 17.7 Å². The zero-order valence-corrected chi connectivity index (χ0v) is 22.0. The van der Waals surface area contributed by atoms with Gasteiger partial charge < -0.3 is 4.74 Å². The molecule has 6 heteroatoms. The highest BCUT2D eigenvalue weighted by Gasteiger charge is 2.23. The van der Waals surface area contributed by atoms with Crippen LogP contribution in [-0.4, -0.2) is 33.7 Å². The molecule has 0 saturated carbocycles. The third-order valence-corrected chi connectivity index (χ3v) is 5.67. The van der Waals surface area contributed by atoms with Crippen LogP contribution < -0.4 is 4.90 Å². The van der Waals surface area contributed by atoms with Crippen LogP contribution in [0.3, 0.4) is 0 Å². The Bertz CT molecular complexity index is 896. The molecule has 0 aliphatic heterocycles. The van der Waals surface area contributed by atoms with E-state index in [1.165, 1.54) is 55.8 Å². The predicted octanol–water partition coefficient (Wildman–Crippen LogP) is 7.79. The second kappa shape index (κ2) is 15.2. The number of imidazole rings is 1. The van der Waals surface area contributed by atoms with Crippen LogP contribution in [0.15, 0.2) is 55.1 Å². The van der Waals surface area contributed by atoms with E-state index >= 15 is 0 Å². The molecule has 0 radical (unpaired) electrons. The molecule has 2 aromatic rings. The fourth-order valence-corrected chi connectivity index (χ4v) is 3.78. The number of carbonyl (C=O) groups is 2. The molecule has 0 bridgehead atoms. The van der Waals surface area contributed by atoms with E-state index in [2.05, 4.69) is 24.1 Å². The van der Waals surface area contributed by atoms with Crippen molar-refractivity contribution < 1.29 is 14.3 Å². The summed E-state index contributed by atoms with van der Waals surface area (Å²) in [6.45, 7) is 8.39. The maximum atomic E-state index is 12.9. The molecule has 1 aromatic heterocycles. The molecule has 1 aromatic carbocycles. The van der Waals surface area contributed by atoms with Gasteiger partial charge in [0.05, 0.1) is 0 Å². The SMILES string of the molecule is CCCCCCCCCC=CCCCN(C(=O)OC(C)(C)C)c1ccc(C(=O)n2ccnc2)cc1. The highest BCUT2D eigenvalue weighted by molar-refractivity contribution is 5.96. The van der Waals surface area contributed by atoms with Gasteiger partial charge in [-0.05, 0) is 70.7 Å². The van der Waals surface area contributed by atoms with E-state index in [0.717, 1.165) is 19.3 Å². The summed E-state index contributed by atoms with van der Waals surface area (Å²) in [7, 11) is 0. The number of allylic oxidation sites excluding steroid dienone is 2. The summed E-state index contributed by atoms with van der Waals surface area (Å²) < 4.78 is 7.07. The highest BCUT2D eigenvalue weighted by atomic mass is 16.6. The Hall–Kier alpha value is -2.89. The topological polar surface area (TPSA) is 64.4 Å². The second-order valence-corrected chi connectivity index (χ2v) is 9.98. The molecule has 2 rings (SSSR count). The van der Waals surface area contributed by atoms with Gasteiger partial charge in [-0.2, -0.15) is 0 Å². The summed E-state index contributed by atoms with van der Waals surface area (Å²) in [5.74, 6) is -0.163. The molecule has 0 unspecified atom stereocenters. The predicted molar refractivity (Wildman–Crippen MR) is 143 cm³/mol. The summed E-state index contributed by atoms with van der Waals surface area (Å²) in [6.07, 6.45) is 20.9. The van der Waals surface area contributed by atoms with E-state index in [1.807, 2.05) is 20.8 Å². The van der Waals surface area contributed by atoms with Crippen molar-refractivity contribution in [3.05, 3.63) is 60.7 Å². The third-order valence-electron chi connectivity index (χ3n) is 5.67. The van der Waals surface area contributed by atoms with Crippen LogP contribution in [-0.2, 0) is 4.74 Å². The summed E-state index contributed by atoms with van der Waals surface area (Å²) in [4.78, 5) is 31.0. The number of nitrogens with zero attached hydrogens (tertiary/aromatic N) is 3. The van der Waals surface area contributed by atoms with E-state index in [-0.39, 0.29) is 12.0 Å². The first kappa shape index (κ1) is 28.3. The molecular formula is C29H43N3O3. The zero-order valence-electron chi connectivity index (χ0n) is 22.0. The zero-order chi connectivity index (χ0) is 25.5. The lowest BCUT2D eigenvalue weighted by Gasteiger charge is -2.27. The molecule has 0 atom stereocenters. The average Bonchev–Trinajstić information content (AvgIpc) is 3.36. The molecule has 0 aliphatic rings. The van der Waals surface area contributed by atoms with Gasteiger partial charge in [0.25, 0.3) is 5.91 Å². The van der Waals surface area contributed by atoms with E-state index in [1.54, 1.807) is 41.6 Å². The molecule has 0 aliphatic carbocycles. The lowest BCUT2D eigenvalue weighted by Crippen LogP contribution is -2.37. The van der Waals surface area contributed by atoms with Crippen molar-refractivity contribution in [2.24, 2.45) is 0 Å². The third kappa shape index (κ3) is 10.9. The summed E-state index contributed by atoms with van der Waals surface area (Å²) in [6, 6.07) is 7.06. The number of aromatic nitrogens is 2. The Morgan fingerprint density at radius 1 is 0.943 bits per heavy atom. The first-order valence-electron chi connectivity index (χ1n) is 13.1. The van der Waals surface area contributed by atoms with Crippen molar-refractivity contribution in [2.45, 2.75) is 97.5 Å². The van der Waals surface area contributed by atoms with Crippen LogP contribution in [0, 0.1) is 0 Å². The van der Waals surface area contributed by atoms with Gasteiger partial charge in [-0.15, -0.1) is 0 Å². The first-order valence-corrected chi connectivity index (χ1v) is 13.1. The van der Waals surface area contributed by atoms with Crippen molar-refractivity contribution in [1.82, 2.24) is 9.55 Å². The van der Waals surface area contributed by atoms with Crippen LogP contribution in [0.1, 0.15) is 102 Å². The fraction of sp³-hybridized carbons (Fsp3) is 0.552. The Labute approximate surface area is 211 Å². The molecule has 0 spiro atoms. The molecule has 0 fully saturated rings. The van der Waals surface area contributed by atoms with Gasteiger partial charge in [0.2, 0.25) is 0 Å². The minimum atomic E-state index is -0.580. The molecule has 192 valence electrons. The summed E-state index contributed by atoms with van der Waals surface area (Å²) in [5, 5.41) is 0. The number of amides is 1. The quantitative estimate of drug-likeness (QED) is 0.204. The number of ether oxygens (including phenoxy) is 1. The van der Waals surface area contributed by atoms with Gasteiger partial charge in [-0.3, -0.25) is 14.3 Å². The van der Waals surface area contributed by atoms with Crippen molar-refractivity contribution in [3.8, 4) is 0 Å². The van der Waals surface area contributed by atoms with Crippen molar-refractivity contribution in [3.63, 3.8) is 0 Å². The standard InChI is InChI=1S/C29H43N3O3/c1-5-6-7-8-9-10-11-12-13-14-15-16-22-32(28(34)35-29(2,3)4)26-19-17-25(18-20-26)27(33)31-23-21-30-24-31/h13-14,17-21,23-24H,5-12,15-16,22H2,1-4H3. The normalized spacial score (nSPS) is 11.7. The average molecular weight is 482 g/mol. The Balaban J connectivity index is 1.87. The van der Waals surface area contributed by atoms with Gasteiger partial charge in [0, 0.05) is 30.2 Å². The monoisotopic (exact) mass is 481 g/mol. The number of rotatable bonds is 14. The molecule has 1 amide bonds. The number of hydrogen-bond donors (Lipinski definition) is 0. The van der Waals surface area contributed by atoms with Crippen molar-refractivity contribution in [2.75, 3.05) is 11.4 Å². The molecule has 0 N–H and O–H groups in total. The number of hydrogen-bond acceptors (Lipinski definition) is 4. The van der Waals surface area contributed by atoms with Gasteiger partial charge in [0.15, 0.2) is 0 Å². The van der Waals surface area contributed by atoms with Crippen LogP contribution in [0.25, 0.3) is 0 Å². The molecule has 1 heterocycles. The highest BCUT2D eigenvalue weighted by Crippen LogP contribution is 2.20. The number of unbranched alkanes of at least 4 members (excludes halogenated alkanes) is 8. The van der Waals surface area contributed by atoms with Crippen LogP contribution in [0.2, 0.25) is 0 Å². The van der Waals surface area contributed by atoms with Gasteiger partial charge in [-0.1, -0.05) is 57.6 Å². The minimum absolute atomic E-state index is 0.163. The van der Waals surface area contributed by atoms with Gasteiger partial charge >= 0.3 is 6.09 Å². The Morgan fingerprint density at radius 2 is 1.57 bits per heavy atom. The van der Waals surface area contributed by atoms with Crippen LogP contribution in [0.4, 0.5) is 10.5 Å². The van der Waals surface area contributed by atoms with Gasteiger partial charge in [0.1, 0.15) is 11.9 Å². The van der Waals surface area contributed by atoms with E-state index < -0.39 is 5.60 Å². The summed E-state index contributed by atoms with van der Waals surface area (Å²) in [5.41, 5.74) is 0.668. The molecule has 0 saturated heterocycles. The van der Waals surface area contributed by atoms with Crippen LogP contribution >= 0.6 is 0 Å². The van der Waals surface area contributed by atoms with Gasteiger partial charge in [-0.25, -0.2) is 9.78 Å². The van der Waals surface area contributed by atoms with E-state index in [0.29, 0.717) is 17.8 Å². The van der Waals surface area contributed by atoms with Crippen molar-refractivity contribution in [1.29, 1.82) is 0 Å². The lowest BCUT2D eigenvalue weighted by atomic mass is 10.1. The lowest BCUT2D eigenvalue weighted by molar-refractivity contribution is 0.0580. The maximum absolute atomic E-state index is 12.9. The maximum Gasteiger partial charge on any atom is 0.414 e. The molecule has 35 heavy (non-hydrogen) atoms.